The van der Waals surface area contributed by atoms with E-state index in [9.17, 15) is 54.3 Å². The summed E-state index contributed by atoms with van der Waals surface area (Å²) in [7, 11) is 1.40. The highest BCUT2D eigenvalue weighted by Crippen LogP contribution is 2.30. The van der Waals surface area contributed by atoms with E-state index in [0.717, 1.165) is 62.2 Å². The molecular formula is C33H22F8N4O4. The van der Waals surface area contributed by atoms with Gasteiger partial charge in [0.05, 0.1) is 46.0 Å². The van der Waals surface area contributed by atoms with Crippen molar-refractivity contribution in [1.82, 2.24) is 18.7 Å². The van der Waals surface area contributed by atoms with Crippen molar-refractivity contribution >= 4 is 21.8 Å². The topological polar surface area (TPSA) is 98.9 Å². The third kappa shape index (κ3) is 7.37. The molecule has 0 radical (unpaired) electrons. The molecule has 6 rings (SSSR count). The molecule has 0 aliphatic rings. The first-order valence-electron chi connectivity index (χ1n) is 14.1. The molecule has 6 aromatic rings. The molecule has 2 aromatic heterocycles. The zero-order valence-corrected chi connectivity index (χ0v) is 25.0. The average Bonchev–Trinajstić information content (AvgIpc) is 3.04. The smallest absolute Gasteiger partial charge is 0.307 e. The van der Waals surface area contributed by atoms with E-state index in [2.05, 4.69) is 4.98 Å². The van der Waals surface area contributed by atoms with Crippen LogP contribution in [0.15, 0.2) is 104 Å². The Bertz CT molecular complexity index is 2420. The Labute approximate surface area is 268 Å². The van der Waals surface area contributed by atoms with Crippen molar-refractivity contribution in [2.24, 2.45) is 7.05 Å². The molecule has 0 atom stereocenters. The molecule has 0 amide bonds. The van der Waals surface area contributed by atoms with Gasteiger partial charge in [0.2, 0.25) is 0 Å². The van der Waals surface area contributed by atoms with Crippen molar-refractivity contribution in [3.63, 3.8) is 0 Å². The van der Waals surface area contributed by atoms with Crippen molar-refractivity contribution in [2.45, 2.75) is 25.4 Å². The first-order chi connectivity index (χ1) is 22.9. The van der Waals surface area contributed by atoms with Crippen LogP contribution in [0.5, 0.6) is 0 Å². The van der Waals surface area contributed by atoms with E-state index >= 15 is 0 Å². The van der Waals surface area contributed by atoms with Crippen LogP contribution in [-0.2, 0) is 32.5 Å². The number of hydrogen-bond acceptors (Lipinski definition) is 4. The van der Waals surface area contributed by atoms with Crippen molar-refractivity contribution in [1.29, 1.82) is 0 Å². The third-order valence-corrected chi connectivity index (χ3v) is 7.50. The number of aromatic amines is 1. The summed E-state index contributed by atoms with van der Waals surface area (Å²) in [6.07, 6.45) is -8.92. The first-order valence-corrected chi connectivity index (χ1v) is 14.1. The number of alkyl halides is 6. The number of H-pyrrole nitrogens is 1. The van der Waals surface area contributed by atoms with Crippen molar-refractivity contribution in [3.05, 3.63) is 160 Å². The summed E-state index contributed by atoms with van der Waals surface area (Å²) in [5.74, 6) is -1.18. The number of fused-ring (bicyclic) bond motifs is 2. The molecule has 0 unspecified atom stereocenters. The van der Waals surface area contributed by atoms with Gasteiger partial charge in [-0.25, -0.2) is 18.4 Å². The summed E-state index contributed by atoms with van der Waals surface area (Å²) in [4.78, 5) is 51.6. The van der Waals surface area contributed by atoms with Crippen LogP contribution < -0.4 is 22.5 Å². The maximum atomic E-state index is 13.3. The Hall–Kier alpha value is -5.80. The number of rotatable bonds is 4. The number of aryl methyl sites for hydroxylation is 1. The van der Waals surface area contributed by atoms with Crippen LogP contribution in [-0.4, -0.2) is 18.7 Å². The minimum absolute atomic E-state index is 0.0636. The molecule has 0 saturated heterocycles. The Kier molecular flexibility index (Phi) is 9.17. The highest BCUT2D eigenvalue weighted by molar-refractivity contribution is 5.78. The number of halogens is 8. The van der Waals surface area contributed by atoms with E-state index < -0.39 is 57.6 Å². The molecule has 8 nitrogen and oxygen atoms in total. The Morgan fingerprint density at radius 3 is 1.55 bits per heavy atom. The number of benzene rings is 4. The molecule has 0 fully saturated rings. The SMILES string of the molecule is Cn1c(=O)n(Cc2ccc(C(F)(F)F)cc2)c(=O)c2ccc(F)cc21.O=c1[nH]c2cc(F)ccc2c(=O)n1Cc1ccc(C(F)(F)F)cc1. The Morgan fingerprint density at radius 2 is 1.04 bits per heavy atom. The van der Waals surface area contributed by atoms with Crippen molar-refractivity contribution < 1.29 is 35.1 Å². The van der Waals surface area contributed by atoms with Gasteiger partial charge in [-0.3, -0.25) is 23.3 Å². The van der Waals surface area contributed by atoms with E-state index in [4.69, 9.17) is 0 Å². The predicted octanol–water partition coefficient (Wildman–Crippen LogP) is 5.80. The van der Waals surface area contributed by atoms with Gasteiger partial charge >= 0.3 is 23.7 Å². The molecule has 0 saturated carbocycles. The Balaban J connectivity index is 0.000000191. The number of nitrogens with one attached hydrogen (secondary N) is 1. The lowest BCUT2D eigenvalue weighted by Gasteiger charge is -2.12. The van der Waals surface area contributed by atoms with E-state index in [1.807, 2.05) is 0 Å². The van der Waals surface area contributed by atoms with Gasteiger partial charge in [-0.1, -0.05) is 24.3 Å². The van der Waals surface area contributed by atoms with Gasteiger partial charge in [0.1, 0.15) is 11.6 Å². The van der Waals surface area contributed by atoms with Crippen LogP contribution in [0, 0.1) is 11.6 Å². The molecule has 1 N–H and O–H groups in total. The summed E-state index contributed by atoms with van der Waals surface area (Å²) in [5.41, 5.74) is -3.40. The van der Waals surface area contributed by atoms with E-state index in [1.165, 1.54) is 43.4 Å². The minimum atomic E-state index is -4.46. The second-order valence-electron chi connectivity index (χ2n) is 10.8. The van der Waals surface area contributed by atoms with Crippen molar-refractivity contribution in [3.8, 4) is 0 Å². The largest absolute Gasteiger partial charge is 0.416 e. The summed E-state index contributed by atoms with van der Waals surface area (Å²) >= 11 is 0. The van der Waals surface area contributed by atoms with Crippen LogP contribution >= 0.6 is 0 Å². The highest BCUT2D eigenvalue weighted by Gasteiger charge is 2.30. The van der Waals surface area contributed by atoms with Gasteiger partial charge in [-0.05, 0) is 71.8 Å². The third-order valence-electron chi connectivity index (χ3n) is 7.50. The Morgan fingerprint density at radius 1 is 0.592 bits per heavy atom. The van der Waals surface area contributed by atoms with Gasteiger partial charge in [-0.15, -0.1) is 0 Å². The van der Waals surface area contributed by atoms with Crippen LogP contribution in [0.3, 0.4) is 0 Å². The van der Waals surface area contributed by atoms with Gasteiger partial charge in [0.25, 0.3) is 11.1 Å². The maximum absolute atomic E-state index is 13.3. The zero-order valence-electron chi connectivity index (χ0n) is 25.0. The maximum Gasteiger partial charge on any atom is 0.416 e. The number of nitrogens with zero attached hydrogens (tertiary/aromatic N) is 3. The standard InChI is InChI=1S/C17H12F4N2O2.C16H10F4N2O2/c1-22-14-8-12(18)6-7-13(14)15(24)23(16(22)25)9-10-2-4-11(5-3-10)17(19,20)21;17-11-5-6-12-13(7-11)21-15(24)22(14(12)23)8-9-1-3-10(4-2-9)16(18,19)20/h2-8H,9H2,1H3;1-7H,8H2,(H,21,24). The lowest BCUT2D eigenvalue weighted by Crippen LogP contribution is -2.39. The number of aromatic nitrogens is 4. The second-order valence-corrected chi connectivity index (χ2v) is 10.8. The predicted molar refractivity (Wildman–Crippen MR) is 163 cm³/mol. The zero-order chi connectivity index (χ0) is 35.8. The summed E-state index contributed by atoms with van der Waals surface area (Å²) in [5, 5.41) is 0.262. The highest BCUT2D eigenvalue weighted by atomic mass is 19.4. The molecular weight excluding hydrogens is 668 g/mol. The fourth-order valence-corrected chi connectivity index (χ4v) is 4.95. The van der Waals surface area contributed by atoms with E-state index in [-0.39, 0.29) is 34.9 Å². The molecule has 0 aliphatic heterocycles. The van der Waals surface area contributed by atoms with Gasteiger partial charge < -0.3 is 4.98 Å². The molecule has 2 heterocycles. The van der Waals surface area contributed by atoms with Gasteiger partial charge in [0, 0.05) is 7.05 Å². The lowest BCUT2D eigenvalue weighted by atomic mass is 10.1. The van der Waals surface area contributed by atoms with Crippen LogP contribution in [0.1, 0.15) is 22.3 Å². The van der Waals surface area contributed by atoms with Gasteiger partial charge in [0.15, 0.2) is 0 Å². The summed E-state index contributed by atoms with van der Waals surface area (Å²) in [6.45, 7) is -0.378. The van der Waals surface area contributed by atoms with E-state index in [1.54, 1.807) is 0 Å². The number of hydrogen-bond donors (Lipinski definition) is 1. The normalized spacial score (nSPS) is 11.9. The average molecular weight is 691 g/mol. The van der Waals surface area contributed by atoms with E-state index in [0.29, 0.717) is 11.1 Å². The van der Waals surface area contributed by atoms with Crippen LogP contribution in [0.4, 0.5) is 35.1 Å². The molecule has 0 aliphatic carbocycles. The lowest BCUT2D eigenvalue weighted by molar-refractivity contribution is -0.138. The molecule has 254 valence electrons. The summed E-state index contributed by atoms with van der Waals surface area (Å²) < 4.78 is 105. The van der Waals surface area contributed by atoms with Crippen LogP contribution in [0.25, 0.3) is 21.8 Å². The molecule has 0 spiro atoms. The quantitative estimate of drug-likeness (QED) is 0.237. The molecule has 16 heteroatoms. The second kappa shape index (κ2) is 13.0. The van der Waals surface area contributed by atoms with Crippen LogP contribution in [0.2, 0.25) is 0 Å². The summed E-state index contributed by atoms with van der Waals surface area (Å²) in [6, 6.07) is 15.2. The fraction of sp³-hybridized carbons (Fsp3) is 0.152. The first kappa shape index (κ1) is 34.5. The van der Waals surface area contributed by atoms with Gasteiger partial charge in [-0.2, -0.15) is 26.3 Å². The molecule has 49 heavy (non-hydrogen) atoms. The molecule has 0 bridgehead atoms. The van der Waals surface area contributed by atoms with Crippen molar-refractivity contribution in [2.75, 3.05) is 0 Å². The fourth-order valence-electron chi connectivity index (χ4n) is 4.95. The minimum Gasteiger partial charge on any atom is -0.307 e. The monoisotopic (exact) mass is 690 g/mol. The molecule has 4 aromatic carbocycles.